The minimum absolute atomic E-state index is 0.119. The van der Waals surface area contributed by atoms with Crippen LogP contribution < -0.4 is 0 Å². The molecule has 0 saturated carbocycles. The van der Waals surface area contributed by atoms with E-state index in [4.69, 9.17) is 9.52 Å². The van der Waals surface area contributed by atoms with Gasteiger partial charge in [-0.2, -0.15) is 0 Å². The third kappa shape index (κ3) is 1.93. The Morgan fingerprint density at radius 1 is 1.33 bits per heavy atom. The highest BCUT2D eigenvalue weighted by Gasteiger charge is 2.13. The fourth-order valence-electron chi connectivity index (χ4n) is 1.41. The Morgan fingerprint density at radius 3 is 2.89 bits per heavy atom. The molecule has 3 aromatic rings. The molecule has 1 N–H and O–H groups in total. The third-order valence-corrected chi connectivity index (χ3v) is 3.71. The molecule has 3 aromatic heterocycles. The van der Waals surface area contributed by atoms with Crippen LogP contribution in [0.1, 0.15) is 10.4 Å². The van der Waals surface area contributed by atoms with E-state index in [0.717, 1.165) is 10.7 Å². The van der Waals surface area contributed by atoms with Crippen molar-refractivity contribution in [2.45, 2.75) is 0 Å². The van der Waals surface area contributed by atoms with Crippen LogP contribution in [-0.4, -0.2) is 21.0 Å². The lowest BCUT2D eigenvalue weighted by Crippen LogP contribution is -1.91. The van der Waals surface area contributed by atoms with Gasteiger partial charge < -0.3 is 9.52 Å². The van der Waals surface area contributed by atoms with E-state index in [1.807, 2.05) is 10.8 Å². The summed E-state index contributed by atoms with van der Waals surface area (Å²) >= 11 is 2.95. The summed E-state index contributed by atoms with van der Waals surface area (Å²) in [6.45, 7) is 0. The van der Waals surface area contributed by atoms with E-state index in [9.17, 15) is 4.79 Å². The summed E-state index contributed by atoms with van der Waals surface area (Å²) in [5.74, 6) is -0.565. The highest BCUT2D eigenvalue weighted by atomic mass is 32.1. The molecule has 0 atom stereocenters. The number of thiazole rings is 2. The molecule has 0 aromatic carbocycles. The Kier molecular flexibility index (Phi) is 2.69. The smallest absolute Gasteiger partial charge is 0.338 e. The molecule has 0 fully saturated rings. The molecule has 0 bridgehead atoms. The van der Waals surface area contributed by atoms with E-state index in [2.05, 4.69) is 9.97 Å². The van der Waals surface area contributed by atoms with Crippen molar-refractivity contribution in [1.82, 2.24) is 9.97 Å². The SMILES string of the molecule is O=C(O)c1coc(-c2csc(-c3cscn3)n2)c1. The van der Waals surface area contributed by atoms with Crippen LogP contribution in [0.25, 0.3) is 22.2 Å². The van der Waals surface area contributed by atoms with Crippen molar-refractivity contribution in [1.29, 1.82) is 0 Å². The topological polar surface area (TPSA) is 76.2 Å². The summed E-state index contributed by atoms with van der Waals surface area (Å²) in [6, 6.07) is 1.46. The second-order valence-electron chi connectivity index (χ2n) is 3.42. The second kappa shape index (κ2) is 4.35. The van der Waals surface area contributed by atoms with Crippen molar-refractivity contribution in [3.05, 3.63) is 34.2 Å². The van der Waals surface area contributed by atoms with Crippen LogP contribution in [0.5, 0.6) is 0 Å². The lowest BCUT2D eigenvalue weighted by Gasteiger charge is -1.88. The molecule has 7 heteroatoms. The van der Waals surface area contributed by atoms with Gasteiger partial charge in [0.1, 0.15) is 22.7 Å². The molecule has 0 spiro atoms. The second-order valence-corrected chi connectivity index (χ2v) is 4.99. The van der Waals surface area contributed by atoms with Gasteiger partial charge in [-0.1, -0.05) is 0 Å². The quantitative estimate of drug-likeness (QED) is 0.796. The van der Waals surface area contributed by atoms with E-state index in [0.29, 0.717) is 11.5 Å². The van der Waals surface area contributed by atoms with Crippen LogP contribution >= 0.6 is 22.7 Å². The zero-order valence-corrected chi connectivity index (χ0v) is 10.5. The molecule has 3 heterocycles. The molecule has 0 aliphatic rings. The van der Waals surface area contributed by atoms with E-state index < -0.39 is 5.97 Å². The number of nitrogens with zero attached hydrogens (tertiary/aromatic N) is 2. The molecular weight excluding hydrogens is 272 g/mol. The Morgan fingerprint density at radius 2 is 2.22 bits per heavy atom. The zero-order chi connectivity index (χ0) is 12.5. The predicted molar refractivity (Wildman–Crippen MR) is 67.9 cm³/mol. The summed E-state index contributed by atoms with van der Waals surface area (Å²) in [6.07, 6.45) is 1.21. The number of carboxylic acids is 1. The number of carboxylic acid groups (broad SMARTS) is 1. The maximum absolute atomic E-state index is 10.8. The van der Waals surface area contributed by atoms with Gasteiger partial charge >= 0.3 is 5.97 Å². The van der Waals surface area contributed by atoms with Gasteiger partial charge in [-0.25, -0.2) is 14.8 Å². The number of carbonyl (C=O) groups is 1. The van der Waals surface area contributed by atoms with Crippen LogP contribution in [0.2, 0.25) is 0 Å². The maximum Gasteiger partial charge on any atom is 0.338 e. The minimum atomic E-state index is -1.01. The highest BCUT2D eigenvalue weighted by Crippen LogP contribution is 2.29. The molecule has 0 aliphatic carbocycles. The van der Waals surface area contributed by atoms with Gasteiger partial charge in [0.15, 0.2) is 5.76 Å². The van der Waals surface area contributed by atoms with Gasteiger partial charge in [-0.05, 0) is 0 Å². The van der Waals surface area contributed by atoms with Gasteiger partial charge in [-0.3, -0.25) is 0 Å². The van der Waals surface area contributed by atoms with E-state index in [1.54, 1.807) is 5.51 Å². The highest BCUT2D eigenvalue weighted by molar-refractivity contribution is 7.14. The fourth-order valence-corrected chi connectivity index (χ4v) is 2.79. The molecule has 0 amide bonds. The first kappa shape index (κ1) is 11.1. The Bertz CT molecular complexity index is 685. The normalized spacial score (nSPS) is 10.7. The summed E-state index contributed by atoms with van der Waals surface area (Å²) in [5, 5.41) is 13.3. The minimum Gasteiger partial charge on any atom is -0.478 e. The lowest BCUT2D eigenvalue weighted by molar-refractivity contribution is 0.0696. The Balaban J connectivity index is 1.95. The zero-order valence-electron chi connectivity index (χ0n) is 8.86. The Hall–Kier alpha value is -1.99. The number of hydrogen-bond donors (Lipinski definition) is 1. The first-order valence-electron chi connectivity index (χ1n) is 4.90. The molecular formula is C11H6N2O3S2. The summed E-state index contributed by atoms with van der Waals surface area (Å²) in [4.78, 5) is 19.3. The van der Waals surface area contributed by atoms with Crippen LogP contribution in [0.4, 0.5) is 0 Å². The molecule has 0 radical (unpaired) electrons. The van der Waals surface area contributed by atoms with Crippen molar-refractivity contribution in [3.63, 3.8) is 0 Å². The number of aromatic carboxylic acids is 1. The molecule has 0 unspecified atom stereocenters. The van der Waals surface area contributed by atoms with E-state index in [1.165, 1.54) is 35.0 Å². The van der Waals surface area contributed by atoms with Crippen LogP contribution in [-0.2, 0) is 0 Å². The fraction of sp³-hybridized carbons (Fsp3) is 0. The summed E-state index contributed by atoms with van der Waals surface area (Å²) < 4.78 is 5.19. The van der Waals surface area contributed by atoms with Crippen molar-refractivity contribution in [2.75, 3.05) is 0 Å². The van der Waals surface area contributed by atoms with Gasteiger partial charge in [0.2, 0.25) is 0 Å². The average molecular weight is 278 g/mol. The number of rotatable bonds is 3. The van der Waals surface area contributed by atoms with Crippen molar-refractivity contribution in [3.8, 4) is 22.2 Å². The van der Waals surface area contributed by atoms with Crippen molar-refractivity contribution < 1.29 is 14.3 Å². The van der Waals surface area contributed by atoms with Gasteiger partial charge in [0.25, 0.3) is 0 Å². The van der Waals surface area contributed by atoms with Crippen LogP contribution in [0.3, 0.4) is 0 Å². The predicted octanol–water partition coefficient (Wildman–Crippen LogP) is 3.22. The maximum atomic E-state index is 10.8. The van der Waals surface area contributed by atoms with Crippen LogP contribution in [0.15, 0.2) is 33.0 Å². The monoisotopic (exact) mass is 278 g/mol. The molecule has 90 valence electrons. The molecule has 18 heavy (non-hydrogen) atoms. The number of hydrogen-bond acceptors (Lipinski definition) is 6. The van der Waals surface area contributed by atoms with Crippen LogP contribution in [0, 0.1) is 0 Å². The molecule has 0 saturated heterocycles. The molecule has 5 nitrogen and oxygen atoms in total. The number of aromatic nitrogens is 2. The molecule has 0 aliphatic heterocycles. The largest absolute Gasteiger partial charge is 0.478 e. The van der Waals surface area contributed by atoms with E-state index in [-0.39, 0.29) is 5.56 Å². The van der Waals surface area contributed by atoms with Gasteiger partial charge in [0.05, 0.1) is 11.1 Å². The number of furan rings is 1. The summed E-state index contributed by atoms with van der Waals surface area (Å²) in [5.41, 5.74) is 3.30. The van der Waals surface area contributed by atoms with E-state index >= 15 is 0 Å². The molecule has 3 rings (SSSR count). The first-order valence-corrected chi connectivity index (χ1v) is 6.72. The third-order valence-electron chi connectivity index (χ3n) is 2.25. The standard InChI is InChI=1S/C11H6N2O3S2/c14-11(15)6-1-9(16-2-6)7-4-18-10(13-7)8-3-17-5-12-8/h1-5H,(H,14,15). The average Bonchev–Trinajstić information content (AvgIpc) is 3.10. The van der Waals surface area contributed by atoms with Gasteiger partial charge in [0, 0.05) is 16.8 Å². The lowest BCUT2D eigenvalue weighted by atomic mass is 10.3. The van der Waals surface area contributed by atoms with Crippen molar-refractivity contribution in [2.24, 2.45) is 0 Å². The Labute approximate surface area is 109 Å². The van der Waals surface area contributed by atoms with Crippen molar-refractivity contribution >= 4 is 28.6 Å². The first-order chi connectivity index (χ1) is 8.74. The van der Waals surface area contributed by atoms with Gasteiger partial charge in [-0.15, -0.1) is 22.7 Å². The summed E-state index contributed by atoms with van der Waals surface area (Å²) in [7, 11) is 0.